The summed E-state index contributed by atoms with van der Waals surface area (Å²) in [5, 5.41) is 0.356. The summed E-state index contributed by atoms with van der Waals surface area (Å²) in [6, 6.07) is 9.57. The van der Waals surface area contributed by atoms with Crippen molar-refractivity contribution >= 4 is 21.8 Å². The van der Waals surface area contributed by atoms with Crippen LogP contribution in [0.4, 0.5) is 0 Å². The minimum Gasteiger partial charge on any atom is -0.492 e. The molecule has 0 spiro atoms. The summed E-state index contributed by atoms with van der Waals surface area (Å²) in [5.74, 6) is 0.892. The number of hydrogen-bond donors (Lipinski definition) is 0. The number of alkyl halides is 1. The summed E-state index contributed by atoms with van der Waals surface area (Å²) >= 11 is 3.12. The third-order valence-electron chi connectivity index (χ3n) is 1.98. The van der Waals surface area contributed by atoms with Crippen LogP contribution < -0.4 is 4.74 Å². The van der Waals surface area contributed by atoms with Crippen LogP contribution >= 0.6 is 15.9 Å². The standard InChI is InChI=1S/C11H14BrNO2/c1-13(11(14)9-12)7-8-15-10-5-3-2-4-6-10/h2-6H,7-9H2,1H3. The van der Waals surface area contributed by atoms with Crippen molar-refractivity contribution in [2.45, 2.75) is 0 Å². The first-order chi connectivity index (χ1) is 7.24. The Kier molecular flexibility index (Phi) is 5.18. The lowest BCUT2D eigenvalue weighted by atomic mass is 10.3. The van der Waals surface area contributed by atoms with E-state index in [1.54, 1.807) is 11.9 Å². The maximum atomic E-state index is 11.2. The van der Waals surface area contributed by atoms with Crippen LogP contribution in [0.1, 0.15) is 0 Å². The molecule has 0 saturated carbocycles. The number of likely N-dealkylation sites (N-methyl/N-ethyl adjacent to an activating group) is 1. The van der Waals surface area contributed by atoms with E-state index < -0.39 is 0 Å². The van der Waals surface area contributed by atoms with E-state index in [-0.39, 0.29) is 5.91 Å². The van der Waals surface area contributed by atoms with Gasteiger partial charge in [0.25, 0.3) is 0 Å². The van der Waals surface area contributed by atoms with Crippen LogP contribution in [0.3, 0.4) is 0 Å². The second-order valence-corrected chi connectivity index (χ2v) is 3.67. The quantitative estimate of drug-likeness (QED) is 0.766. The van der Waals surface area contributed by atoms with Crippen molar-refractivity contribution < 1.29 is 9.53 Å². The number of nitrogens with zero attached hydrogens (tertiary/aromatic N) is 1. The van der Waals surface area contributed by atoms with E-state index in [1.807, 2.05) is 30.3 Å². The van der Waals surface area contributed by atoms with Gasteiger partial charge in [0, 0.05) is 7.05 Å². The Morgan fingerprint density at radius 2 is 2.07 bits per heavy atom. The van der Waals surface area contributed by atoms with Crippen molar-refractivity contribution in [1.82, 2.24) is 4.90 Å². The number of halogens is 1. The van der Waals surface area contributed by atoms with Crippen molar-refractivity contribution in [3.05, 3.63) is 30.3 Å². The van der Waals surface area contributed by atoms with Crippen LogP contribution in [0.2, 0.25) is 0 Å². The average Bonchev–Trinajstić information content (AvgIpc) is 2.29. The minimum absolute atomic E-state index is 0.0617. The third-order valence-corrected chi connectivity index (χ3v) is 2.46. The lowest BCUT2D eigenvalue weighted by Crippen LogP contribution is -2.31. The molecule has 0 aliphatic heterocycles. The number of para-hydroxylation sites is 1. The molecule has 15 heavy (non-hydrogen) atoms. The number of benzene rings is 1. The molecule has 1 amide bonds. The molecule has 0 aliphatic carbocycles. The Hall–Kier alpha value is -1.03. The summed E-state index contributed by atoms with van der Waals surface area (Å²) in [4.78, 5) is 12.8. The maximum absolute atomic E-state index is 11.2. The normalized spacial score (nSPS) is 9.73. The molecule has 1 aromatic rings. The van der Waals surface area contributed by atoms with Gasteiger partial charge in [-0.15, -0.1) is 0 Å². The zero-order valence-electron chi connectivity index (χ0n) is 8.65. The lowest BCUT2D eigenvalue weighted by molar-refractivity contribution is -0.127. The van der Waals surface area contributed by atoms with Crippen LogP contribution in [0, 0.1) is 0 Å². The number of carbonyl (C=O) groups excluding carboxylic acids is 1. The number of carbonyl (C=O) groups is 1. The first-order valence-electron chi connectivity index (χ1n) is 4.72. The SMILES string of the molecule is CN(CCOc1ccccc1)C(=O)CBr. The van der Waals surface area contributed by atoms with Crippen molar-refractivity contribution in [1.29, 1.82) is 0 Å². The van der Waals surface area contributed by atoms with E-state index in [2.05, 4.69) is 15.9 Å². The Bertz CT molecular complexity index is 303. The largest absolute Gasteiger partial charge is 0.492 e. The van der Waals surface area contributed by atoms with Crippen molar-refractivity contribution in [2.24, 2.45) is 0 Å². The highest BCUT2D eigenvalue weighted by atomic mass is 79.9. The molecule has 3 nitrogen and oxygen atoms in total. The van der Waals surface area contributed by atoms with Gasteiger partial charge in [0.05, 0.1) is 11.9 Å². The fraction of sp³-hybridized carbons (Fsp3) is 0.364. The van der Waals surface area contributed by atoms with Crippen molar-refractivity contribution in [3.63, 3.8) is 0 Å². The van der Waals surface area contributed by atoms with E-state index in [9.17, 15) is 4.79 Å². The first kappa shape index (κ1) is 12.0. The molecule has 0 radical (unpaired) electrons. The lowest BCUT2D eigenvalue weighted by Gasteiger charge is -2.15. The highest BCUT2D eigenvalue weighted by molar-refractivity contribution is 9.09. The van der Waals surface area contributed by atoms with Crippen LogP contribution in [0.15, 0.2) is 30.3 Å². The number of amides is 1. The topological polar surface area (TPSA) is 29.5 Å². The van der Waals surface area contributed by atoms with Gasteiger partial charge in [-0.25, -0.2) is 0 Å². The van der Waals surface area contributed by atoms with Gasteiger partial charge >= 0.3 is 0 Å². The summed E-state index contributed by atoms with van der Waals surface area (Å²) in [5.41, 5.74) is 0. The van der Waals surface area contributed by atoms with Gasteiger partial charge in [-0.3, -0.25) is 4.79 Å². The Morgan fingerprint density at radius 1 is 1.40 bits per heavy atom. The number of rotatable bonds is 5. The Labute approximate surface area is 98.2 Å². The summed E-state index contributed by atoms with van der Waals surface area (Å²) < 4.78 is 5.46. The summed E-state index contributed by atoms with van der Waals surface area (Å²) in [6.07, 6.45) is 0. The molecule has 0 fully saturated rings. The van der Waals surface area contributed by atoms with E-state index >= 15 is 0 Å². The second-order valence-electron chi connectivity index (χ2n) is 3.11. The van der Waals surface area contributed by atoms with Crippen LogP contribution in [-0.2, 0) is 4.79 Å². The fourth-order valence-electron chi connectivity index (χ4n) is 1.04. The molecule has 0 aromatic heterocycles. The maximum Gasteiger partial charge on any atom is 0.233 e. The summed E-state index contributed by atoms with van der Waals surface area (Å²) in [6.45, 7) is 1.11. The van der Waals surface area contributed by atoms with Gasteiger partial charge in [0.2, 0.25) is 5.91 Å². The molecular weight excluding hydrogens is 258 g/mol. The van der Waals surface area contributed by atoms with Gasteiger partial charge in [-0.1, -0.05) is 34.1 Å². The molecule has 0 heterocycles. The predicted octanol–water partition coefficient (Wildman–Crippen LogP) is 1.92. The molecule has 0 atom stereocenters. The molecule has 82 valence electrons. The molecule has 4 heteroatoms. The van der Waals surface area contributed by atoms with Crippen LogP contribution in [0.25, 0.3) is 0 Å². The first-order valence-corrected chi connectivity index (χ1v) is 5.84. The molecule has 0 aliphatic rings. The zero-order valence-corrected chi connectivity index (χ0v) is 10.2. The average molecular weight is 272 g/mol. The van der Waals surface area contributed by atoms with Gasteiger partial charge in [-0.05, 0) is 12.1 Å². The van der Waals surface area contributed by atoms with Gasteiger partial charge < -0.3 is 9.64 Å². The van der Waals surface area contributed by atoms with Gasteiger partial charge in [0.1, 0.15) is 12.4 Å². The molecule has 0 bridgehead atoms. The monoisotopic (exact) mass is 271 g/mol. The third kappa shape index (κ3) is 4.34. The molecule has 1 rings (SSSR count). The molecular formula is C11H14BrNO2. The highest BCUT2D eigenvalue weighted by Gasteiger charge is 2.05. The van der Waals surface area contributed by atoms with Crippen molar-refractivity contribution in [3.8, 4) is 5.75 Å². The van der Waals surface area contributed by atoms with Crippen molar-refractivity contribution in [2.75, 3.05) is 25.5 Å². The highest BCUT2D eigenvalue weighted by Crippen LogP contribution is 2.07. The van der Waals surface area contributed by atoms with E-state index in [0.29, 0.717) is 18.5 Å². The van der Waals surface area contributed by atoms with Gasteiger partial charge in [-0.2, -0.15) is 0 Å². The molecule has 0 saturated heterocycles. The Balaban J connectivity index is 2.25. The predicted molar refractivity (Wildman–Crippen MR) is 63.4 cm³/mol. The number of ether oxygens (including phenoxy) is 1. The Morgan fingerprint density at radius 3 is 2.67 bits per heavy atom. The van der Waals surface area contributed by atoms with Gasteiger partial charge in [0.15, 0.2) is 0 Å². The van der Waals surface area contributed by atoms with E-state index in [4.69, 9.17) is 4.74 Å². The second kappa shape index (κ2) is 6.45. The fourth-order valence-corrected chi connectivity index (χ4v) is 1.47. The van der Waals surface area contributed by atoms with Crippen LogP contribution in [0.5, 0.6) is 5.75 Å². The van der Waals surface area contributed by atoms with E-state index in [1.165, 1.54) is 0 Å². The zero-order chi connectivity index (χ0) is 11.1. The molecule has 0 unspecified atom stereocenters. The smallest absolute Gasteiger partial charge is 0.233 e. The van der Waals surface area contributed by atoms with Crippen LogP contribution in [-0.4, -0.2) is 36.3 Å². The number of hydrogen-bond acceptors (Lipinski definition) is 2. The van der Waals surface area contributed by atoms with E-state index in [0.717, 1.165) is 5.75 Å². The molecule has 1 aromatic carbocycles. The summed E-state index contributed by atoms with van der Waals surface area (Å²) in [7, 11) is 1.76. The molecule has 0 N–H and O–H groups in total. The minimum atomic E-state index is 0.0617.